The maximum Gasteiger partial charge on any atom is 0.241 e. The molecular formula is C16H29N3O3. The summed E-state index contributed by atoms with van der Waals surface area (Å²) >= 11 is 0. The lowest BCUT2D eigenvalue weighted by atomic mass is 9.92. The van der Waals surface area contributed by atoms with E-state index < -0.39 is 6.04 Å². The predicted molar refractivity (Wildman–Crippen MR) is 84.2 cm³/mol. The lowest BCUT2D eigenvalue weighted by Gasteiger charge is -2.34. The van der Waals surface area contributed by atoms with E-state index in [2.05, 4.69) is 5.32 Å². The molecule has 1 saturated carbocycles. The van der Waals surface area contributed by atoms with Gasteiger partial charge in [-0.2, -0.15) is 0 Å². The van der Waals surface area contributed by atoms with Crippen LogP contribution in [0.15, 0.2) is 0 Å². The highest BCUT2D eigenvalue weighted by molar-refractivity contribution is 5.83. The molecule has 6 heteroatoms. The largest absolute Gasteiger partial charge is 0.383 e. The average molecular weight is 311 g/mol. The molecule has 2 aliphatic rings. The number of ether oxygens (including phenoxy) is 1. The molecule has 0 aromatic rings. The van der Waals surface area contributed by atoms with E-state index in [9.17, 15) is 9.59 Å². The van der Waals surface area contributed by atoms with Crippen molar-refractivity contribution in [1.29, 1.82) is 0 Å². The zero-order valence-electron chi connectivity index (χ0n) is 13.6. The molecule has 0 aromatic carbocycles. The summed E-state index contributed by atoms with van der Waals surface area (Å²) in [7, 11) is 1.54. The first-order valence-corrected chi connectivity index (χ1v) is 8.45. The quantitative estimate of drug-likeness (QED) is 0.780. The Bertz CT molecular complexity index is 375. The first-order chi connectivity index (χ1) is 10.6. The second-order valence-corrected chi connectivity index (χ2v) is 6.50. The van der Waals surface area contributed by atoms with Gasteiger partial charge in [-0.3, -0.25) is 9.59 Å². The predicted octanol–water partition coefficient (Wildman–Crippen LogP) is 0.648. The van der Waals surface area contributed by atoms with Gasteiger partial charge in [-0.15, -0.1) is 0 Å². The van der Waals surface area contributed by atoms with E-state index in [0.717, 1.165) is 25.7 Å². The summed E-state index contributed by atoms with van der Waals surface area (Å²) in [5.41, 5.74) is 5.78. The summed E-state index contributed by atoms with van der Waals surface area (Å²) in [6.07, 6.45) is 7.39. The molecule has 1 unspecified atom stereocenters. The van der Waals surface area contributed by atoms with Crippen molar-refractivity contribution >= 4 is 11.8 Å². The van der Waals surface area contributed by atoms with E-state index in [1.165, 1.54) is 26.4 Å². The number of carbonyl (C=O) groups excluding carboxylic acids is 2. The average Bonchev–Trinajstić information content (AvgIpc) is 2.55. The zero-order chi connectivity index (χ0) is 15.9. The van der Waals surface area contributed by atoms with Gasteiger partial charge in [0.15, 0.2) is 0 Å². The van der Waals surface area contributed by atoms with Gasteiger partial charge < -0.3 is 20.7 Å². The third kappa shape index (κ3) is 4.68. The molecule has 0 spiro atoms. The van der Waals surface area contributed by atoms with E-state index in [4.69, 9.17) is 10.5 Å². The lowest BCUT2D eigenvalue weighted by molar-refractivity contribution is -0.137. The van der Waals surface area contributed by atoms with Gasteiger partial charge in [-0.1, -0.05) is 19.3 Å². The first kappa shape index (κ1) is 17.2. The van der Waals surface area contributed by atoms with Crippen molar-refractivity contribution in [2.75, 3.05) is 26.8 Å². The fourth-order valence-electron chi connectivity index (χ4n) is 3.41. The number of nitrogens with one attached hydrogen (secondary N) is 1. The Kier molecular flexibility index (Phi) is 6.64. The van der Waals surface area contributed by atoms with Crippen LogP contribution in [0.2, 0.25) is 0 Å². The summed E-state index contributed by atoms with van der Waals surface area (Å²) < 4.78 is 4.92. The van der Waals surface area contributed by atoms with Crippen LogP contribution in [0, 0.1) is 5.92 Å². The van der Waals surface area contributed by atoms with Gasteiger partial charge in [0.05, 0.1) is 6.61 Å². The van der Waals surface area contributed by atoms with Crippen LogP contribution in [-0.4, -0.2) is 55.6 Å². The van der Waals surface area contributed by atoms with Gasteiger partial charge in [-0.25, -0.2) is 0 Å². The van der Waals surface area contributed by atoms with Crippen molar-refractivity contribution in [2.45, 2.75) is 57.0 Å². The van der Waals surface area contributed by atoms with E-state index in [1.807, 2.05) is 0 Å². The topological polar surface area (TPSA) is 84.7 Å². The summed E-state index contributed by atoms with van der Waals surface area (Å²) in [4.78, 5) is 26.2. The summed E-state index contributed by atoms with van der Waals surface area (Å²) in [6.45, 7) is 1.46. The summed E-state index contributed by atoms with van der Waals surface area (Å²) in [5, 5.41) is 3.19. The molecule has 1 heterocycles. The van der Waals surface area contributed by atoms with E-state index >= 15 is 0 Å². The standard InChI is InChI=1S/C16H29N3O3/c1-22-11-14(17)16(21)19-9-7-12(8-10-19)15(20)18-13-5-3-2-4-6-13/h12-14H,2-11,17H2,1H3,(H,18,20). The molecule has 6 nitrogen and oxygen atoms in total. The van der Waals surface area contributed by atoms with Crippen LogP contribution in [0.25, 0.3) is 0 Å². The summed E-state index contributed by atoms with van der Waals surface area (Å²) in [6, 6.07) is -0.242. The van der Waals surface area contributed by atoms with Crippen LogP contribution >= 0.6 is 0 Å². The molecular weight excluding hydrogens is 282 g/mol. The zero-order valence-corrected chi connectivity index (χ0v) is 13.6. The van der Waals surface area contributed by atoms with Crippen molar-refractivity contribution in [1.82, 2.24) is 10.2 Å². The molecule has 22 heavy (non-hydrogen) atoms. The molecule has 1 aliphatic carbocycles. The van der Waals surface area contributed by atoms with Crippen molar-refractivity contribution in [3.05, 3.63) is 0 Å². The fourth-order valence-corrected chi connectivity index (χ4v) is 3.41. The van der Waals surface area contributed by atoms with E-state index in [0.29, 0.717) is 19.1 Å². The SMILES string of the molecule is COCC(N)C(=O)N1CCC(C(=O)NC2CCCCC2)CC1. The van der Waals surface area contributed by atoms with Gasteiger partial charge >= 0.3 is 0 Å². The monoisotopic (exact) mass is 311 g/mol. The molecule has 1 atom stereocenters. The Morgan fingerprint density at radius 2 is 1.82 bits per heavy atom. The van der Waals surface area contributed by atoms with Crippen molar-refractivity contribution in [3.63, 3.8) is 0 Å². The molecule has 1 saturated heterocycles. The van der Waals surface area contributed by atoms with Crippen LogP contribution in [0.5, 0.6) is 0 Å². The second-order valence-electron chi connectivity index (χ2n) is 6.50. The third-order valence-electron chi connectivity index (χ3n) is 4.79. The summed E-state index contributed by atoms with van der Waals surface area (Å²) in [5.74, 6) is 0.123. The van der Waals surface area contributed by atoms with Crippen LogP contribution in [0.3, 0.4) is 0 Å². The van der Waals surface area contributed by atoms with E-state index in [1.54, 1.807) is 4.90 Å². The Labute approximate surface area is 132 Å². The Morgan fingerprint density at radius 1 is 1.18 bits per heavy atom. The van der Waals surface area contributed by atoms with Gasteiger partial charge in [0.1, 0.15) is 6.04 Å². The maximum absolute atomic E-state index is 12.3. The molecule has 3 N–H and O–H groups in total. The minimum absolute atomic E-state index is 0.0321. The number of piperidine rings is 1. The highest BCUT2D eigenvalue weighted by Crippen LogP contribution is 2.21. The minimum atomic E-state index is -0.599. The smallest absolute Gasteiger partial charge is 0.241 e. The number of rotatable bonds is 5. The number of hydrogen-bond acceptors (Lipinski definition) is 4. The first-order valence-electron chi connectivity index (χ1n) is 8.45. The molecule has 0 bridgehead atoms. The number of nitrogens with zero attached hydrogens (tertiary/aromatic N) is 1. The van der Waals surface area contributed by atoms with Crippen LogP contribution in [0.1, 0.15) is 44.9 Å². The van der Waals surface area contributed by atoms with Gasteiger partial charge in [0.2, 0.25) is 11.8 Å². The lowest BCUT2D eigenvalue weighted by Crippen LogP contribution is -2.51. The minimum Gasteiger partial charge on any atom is -0.383 e. The third-order valence-corrected chi connectivity index (χ3v) is 4.79. The number of amides is 2. The van der Waals surface area contributed by atoms with Gasteiger partial charge in [0.25, 0.3) is 0 Å². The Morgan fingerprint density at radius 3 is 2.41 bits per heavy atom. The number of carbonyl (C=O) groups is 2. The van der Waals surface area contributed by atoms with Crippen molar-refractivity contribution < 1.29 is 14.3 Å². The number of methoxy groups -OCH3 is 1. The van der Waals surface area contributed by atoms with Crippen molar-refractivity contribution in [3.8, 4) is 0 Å². The number of likely N-dealkylation sites (tertiary alicyclic amines) is 1. The maximum atomic E-state index is 12.3. The van der Waals surface area contributed by atoms with Crippen LogP contribution < -0.4 is 11.1 Å². The number of hydrogen-bond donors (Lipinski definition) is 2. The van der Waals surface area contributed by atoms with E-state index in [-0.39, 0.29) is 24.3 Å². The normalized spacial score (nSPS) is 22.4. The van der Waals surface area contributed by atoms with Crippen LogP contribution in [-0.2, 0) is 14.3 Å². The molecule has 1 aliphatic heterocycles. The Hall–Kier alpha value is -1.14. The second kappa shape index (κ2) is 8.48. The molecule has 126 valence electrons. The van der Waals surface area contributed by atoms with Gasteiger partial charge in [0, 0.05) is 32.2 Å². The highest BCUT2D eigenvalue weighted by Gasteiger charge is 2.30. The fraction of sp³-hybridized carbons (Fsp3) is 0.875. The molecule has 2 fully saturated rings. The van der Waals surface area contributed by atoms with Crippen LogP contribution in [0.4, 0.5) is 0 Å². The highest BCUT2D eigenvalue weighted by atomic mass is 16.5. The molecule has 2 rings (SSSR count). The molecule has 0 aromatic heterocycles. The van der Waals surface area contributed by atoms with Crippen molar-refractivity contribution in [2.24, 2.45) is 11.7 Å². The van der Waals surface area contributed by atoms with Gasteiger partial charge in [-0.05, 0) is 25.7 Å². The number of nitrogens with two attached hydrogens (primary N) is 1. The molecule has 0 radical (unpaired) electrons. The Balaban J connectivity index is 1.74. The molecule has 2 amide bonds.